The Balaban J connectivity index is 2.53. The number of sulfone groups is 1. The summed E-state index contributed by atoms with van der Waals surface area (Å²) in [5.41, 5.74) is 0. The van der Waals surface area contributed by atoms with Crippen LogP contribution in [0.2, 0.25) is 0 Å². The average molecular weight is 249 g/mol. The Morgan fingerprint density at radius 1 is 1.56 bits per heavy atom. The Labute approximate surface area is 96.4 Å². The van der Waals surface area contributed by atoms with Crippen LogP contribution < -0.4 is 0 Å². The van der Waals surface area contributed by atoms with Gasteiger partial charge < -0.3 is 10.0 Å². The molecule has 0 amide bonds. The third kappa shape index (κ3) is 3.45. The van der Waals surface area contributed by atoms with E-state index >= 15 is 0 Å². The Bertz CT molecular complexity index is 352. The Kier molecular flexibility index (Phi) is 4.32. The second-order valence-electron chi connectivity index (χ2n) is 4.44. The van der Waals surface area contributed by atoms with E-state index in [1.54, 1.807) is 7.05 Å². The standard InChI is InChI=1S/C10H19NO4S/c1-3-8(10(12)13)6-11(2)9-4-5-16(14,15)7-9/h8-9H,3-7H2,1-2H3,(H,12,13). The SMILES string of the molecule is CCC(CN(C)C1CCS(=O)(=O)C1)C(=O)O. The zero-order valence-corrected chi connectivity index (χ0v) is 10.5. The summed E-state index contributed by atoms with van der Waals surface area (Å²) in [6, 6.07) is -0.0154. The normalized spacial score (nSPS) is 25.8. The van der Waals surface area contributed by atoms with Gasteiger partial charge in [-0.2, -0.15) is 0 Å². The number of rotatable bonds is 5. The first kappa shape index (κ1) is 13.4. The van der Waals surface area contributed by atoms with Gasteiger partial charge in [0, 0.05) is 12.6 Å². The van der Waals surface area contributed by atoms with Gasteiger partial charge >= 0.3 is 5.97 Å². The van der Waals surface area contributed by atoms with E-state index in [9.17, 15) is 13.2 Å². The smallest absolute Gasteiger partial charge is 0.307 e. The highest BCUT2D eigenvalue weighted by Crippen LogP contribution is 2.18. The predicted octanol–water partition coefficient (Wildman–Crippen LogP) is 0.216. The van der Waals surface area contributed by atoms with Crippen LogP contribution in [0.25, 0.3) is 0 Å². The lowest BCUT2D eigenvalue weighted by Gasteiger charge is -2.25. The van der Waals surface area contributed by atoms with E-state index in [1.807, 2.05) is 11.8 Å². The number of aliphatic carboxylic acids is 1. The minimum Gasteiger partial charge on any atom is -0.481 e. The zero-order chi connectivity index (χ0) is 12.3. The van der Waals surface area contributed by atoms with Crippen molar-refractivity contribution in [3.05, 3.63) is 0 Å². The molecule has 16 heavy (non-hydrogen) atoms. The largest absolute Gasteiger partial charge is 0.481 e. The van der Waals surface area contributed by atoms with E-state index in [2.05, 4.69) is 0 Å². The summed E-state index contributed by atoms with van der Waals surface area (Å²) in [4.78, 5) is 12.7. The van der Waals surface area contributed by atoms with Gasteiger partial charge in [0.1, 0.15) is 0 Å². The quantitative estimate of drug-likeness (QED) is 0.754. The maximum absolute atomic E-state index is 11.3. The Hall–Kier alpha value is -0.620. The van der Waals surface area contributed by atoms with E-state index in [4.69, 9.17) is 5.11 Å². The van der Waals surface area contributed by atoms with Crippen molar-refractivity contribution in [2.45, 2.75) is 25.8 Å². The lowest BCUT2D eigenvalue weighted by Crippen LogP contribution is -2.38. The molecule has 0 aromatic heterocycles. The molecule has 1 N–H and O–H groups in total. The fourth-order valence-electron chi connectivity index (χ4n) is 2.00. The summed E-state index contributed by atoms with van der Waals surface area (Å²) in [7, 11) is -1.09. The first-order chi connectivity index (χ1) is 7.35. The third-order valence-corrected chi connectivity index (χ3v) is 4.93. The summed E-state index contributed by atoms with van der Waals surface area (Å²) in [5.74, 6) is -0.825. The van der Waals surface area contributed by atoms with Crippen molar-refractivity contribution >= 4 is 15.8 Å². The van der Waals surface area contributed by atoms with Crippen molar-refractivity contribution in [3.8, 4) is 0 Å². The van der Waals surface area contributed by atoms with Gasteiger partial charge in [0.25, 0.3) is 0 Å². The first-order valence-corrected chi connectivity index (χ1v) is 7.31. The molecule has 1 saturated heterocycles. The first-order valence-electron chi connectivity index (χ1n) is 5.49. The number of carboxylic acids is 1. The monoisotopic (exact) mass is 249 g/mol. The second-order valence-corrected chi connectivity index (χ2v) is 6.67. The molecule has 6 heteroatoms. The van der Waals surface area contributed by atoms with E-state index in [0.29, 0.717) is 19.4 Å². The number of hydrogen-bond donors (Lipinski definition) is 1. The van der Waals surface area contributed by atoms with Crippen LogP contribution in [0.5, 0.6) is 0 Å². The average Bonchev–Trinajstić information content (AvgIpc) is 2.54. The van der Waals surface area contributed by atoms with E-state index in [0.717, 1.165) is 0 Å². The molecule has 5 nitrogen and oxygen atoms in total. The zero-order valence-electron chi connectivity index (χ0n) is 9.72. The molecule has 1 heterocycles. The Morgan fingerprint density at radius 3 is 2.56 bits per heavy atom. The number of hydrogen-bond acceptors (Lipinski definition) is 4. The van der Waals surface area contributed by atoms with Gasteiger partial charge in [-0.3, -0.25) is 4.79 Å². The molecule has 2 unspecified atom stereocenters. The van der Waals surface area contributed by atoms with Crippen LogP contribution in [0.4, 0.5) is 0 Å². The van der Waals surface area contributed by atoms with Crippen LogP contribution in [0, 0.1) is 5.92 Å². The van der Waals surface area contributed by atoms with Crippen LogP contribution in [-0.2, 0) is 14.6 Å². The molecule has 1 fully saturated rings. The third-order valence-electron chi connectivity index (χ3n) is 3.18. The van der Waals surface area contributed by atoms with Crippen LogP contribution >= 0.6 is 0 Å². The van der Waals surface area contributed by atoms with Crippen molar-refractivity contribution in [3.63, 3.8) is 0 Å². The maximum atomic E-state index is 11.3. The minimum atomic E-state index is -2.89. The van der Waals surface area contributed by atoms with Crippen molar-refractivity contribution in [2.24, 2.45) is 5.92 Å². The van der Waals surface area contributed by atoms with Gasteiger partial charge in [-0.25, -0.2) is 8.42 Å². The highest BCUT2D eigenvalue weighted by atomic mass is 32.2. The molecule has 1 rings (SSSR count). The molecular formula is C10H19NO4S. The highest BCUT2D eigenvalue weighted by molar-refractivity contribution is 7.91. The van der Waals surface area contributed by atoms with E-state index < -0.39 is 21.7 Å². The molecule has 1 aliphatic rings. The van der Waals surface area contributed by atoms with E-state index in [-0.39, 0.29) is 17.5 Å². The number of carboxylic acid groups (broad SMARTS) is 1. The molecule has 0 aromatic carbocycles. The topological polar surface area (TPSA) is 74.7 Å². The van der Waals surface area contributed by atoms with E-state index in [1.165, 1.54) is 0 Å². The molecule has 94 valence electrons. The molecule has 0 spiro atoms. The maximum Gasteiger partial charge on any atom is 0.307 e. The fourth-order valence-corrected chi connectivity index (χ4v) is 3.81. The molecule has 1 aliphatic heterocycles. The fraction of sp³-hybridized carbons (Fsp3) is 0.900. The molecule has 0 bridgehead atoms. The van der Waals surface area contributed by atoms with Gasteiger partial charge in [-0.1, -0.05) is 6.92 Å². The lowest BCUT2D eigenvalue weighted by molar-refractivity contribution is -0.142. The number of carbonyl (C=O) groups is 1. The van der Waals surface area contributed by atoms with Gasteiger partial charge in [0.15, 0.2) is 9.84 Å². The van der Waals surface area contributed by atoms with Crippen LogP contribution in [0.15, 0.2) is 0 Å². The predicted molar refractivity (Wildman–Crippen MR) is 61.1 cm³/mol. The van der Waals surface area contributed by atoms with Crippen LogP contribution in [-0.4, -0.2) is 55.5 Å². The molecule has 0 aliphatic carbocycles. The van der Waals surface area contributed by atoms with Crippen LogP contribution in [0.3, 0.4) is 0 Å². The summed E-state index contributed by atoms with van der Waals surface area (Å²) in [5, 5.41) is 8.92. The van der Waals surface area contributed by atoms with Crippen LogP contribution in [0.1, 0.15) is 19.8 Å². The molecule has 2 atom stereocenters. The van der Waals surface area contributed by atoms with Gasteiger partial charge in [-0.15, -0.1) is 0 Å². The molecule has 0 radical (unpaired) electrons. The molecular weight excluding hydrogens is 230 g/mol. The highest BCUT2D eigenvalue weighted by Gasteiger charge is 2.32. The summed E-state index contributed by atoms with van der Waals surface area (Å²) < 4.78 is 22.6. The van der Waals surface area contributed by atoms with Crippen molar-refractivity contribution in [1.82, 2.24) is 4.90 Å². The number of nitrogens with zero attached hydrogens (tertiary/aromatic N) is 1. The Morgan fingerprint density at radius 2 is 2.19 bits per heavy atom. The van der Waals surface area contributed by atoms with Crippen molar-refractivity contribution < 1.29 is 18.3 Å². The molecule has 0 saturated carbocycles. The summed E-state index contributed by atoms with van der Waals surface area (Å²) in [6.07, 6.45) is 1.19. The summed E-state index contributed by atoms with van der Waals surface area (Å²) >= 11 is 0. The molecule has 0 aromatic rings. The van der Waals surface area contributed by atoms with Gasteiger partial charge in [0.05, 0.1) is 17.4 Å². The lowest BCUT2D eigenvalue weighted by atomic mass is 10.1. The van der Waals surface area contributed by atoms with Crippen molar-refractivity contribution in [1.29, 1.82) is 0 Å². The van der Waals surface area contributed by atoms with Gasteiger partial charge in [0.2, 0.25) is 0 Å². The minimum absolute atomic E-state index is 0.0154. The van der Waals surface area contributed by atoms with Gasteiger partial charge in [-0.05, 0) is 19.9 Å². The van der Waals surface area contributed by atoms with Crippen molar-refractivity contribution in [2.75, 3.05) is 25.1 Å². The summed E-state index contributed by atoms with van der Waals surface area (Å²) in [6.45, 7) is 2.25. The second kappa shape index (κ2) is 5.14.